The van der Waals surface area contributed by atoms with Crippen molar-refractivity contribution >= 4 is 11.8 Å². The summed E-state index contributed by atoms with van der Waals surface area (Å²) in [5.41, 5.74) is 0.552. The van der Waals surface area contributed by atoms with Gasteiger partial charge in [-0.2, -0.15) is 0 Å². The van der Waals surface area contributed by atoms with E-state index >= 15 is 0 Å². The molecule has 0 radical (unpaired) electrons. The van der Waals surface area contributed by atoms with Gasteiger partial charge in [0.1, 0.15) is 11.9 Å². The smallest absolute Gasteiger partial charge is 0.305 e. The lowest BCUT2D eigenvalue weighted by molar-refractivity contribution is -0.163. The number of ether oxygens (including phenoxy) is 1. The van der Waals surface area contributed by atoms with E-state index in [1.165, 1.54) is 32.1 Å². The Bertz CT molecular complexity index is 570. The topological polar surface area (TPSA) is 43.4 Å². The van der Waals surface area contributed by atoms with E-state index in [-0.39, 0.29) is 17.5 Å². The Hall–Kier alpha value is -0.860. The fourth-order valence-electron chi connectivity index (χ4n) is 7.43. The van der Waals surface area contributed by atoms with Crippen LogP contribution in [-0.4, -0.2) is 17.9 Å². The second-order valence-electron chi connectivity index (χ2n) is 9.85. The predicted molar refractivity (Wildman–Crippen MR) is 96.9 cm³/mol. The van der Waals surface area contributed by atoms with Crippen LogP contribution in [0.25, 0.3) is 0 Å². The molecule has 3 nitrogen and oxygen atoms in total. The van der Waals surface area contributed by atoms with E-state index in [2.05, 4.69) is 13.8 Å². The van der Waals surface area contributed by atoms with E-state index in [4.69, 9.17) is 4.74 Å². The third kappa shape index (κ3) is 2.59. The average molecular weight is 347 g/mol. The van der Waals surface area contributed by atoms with Crippen molar-refractivity contribution in [3.05, 3.63) is 0 Å². The zero-order valence-electron chi connectivity index (χ0n) is 16.2. The minimum atomic E-state index is -0.0320. The Morgan fingerprint density at radius 1 is 1.04 bits per heavy atom. The number of hydrogen-bond acceptors (Lipinski definition) is 3. The molecule has 0 aromatic heterocycles. The molecule has 3 heteroatoms. The quantitative estimate of drug-likeness (QED) is 0.667. The van der Waals surface area contributed by atoms with Crippen LogP contribution < -0.4 is 0 Å². The fourth-order valence-corrected chi connectivity index (χ4v) is 7.43. The molecule has 4 rings (SSSR count). The number of rotatable bonds is 2. The molecule has 4 aliphatic carbocycles. The molecule has 4 fully saturated rings. The van der Waals surface area contributed by atoms with E-state index in [9.17, 15) is 9.59 Å². The Labute approximate surface area is 152 Å². The van der Waals surface area contributed by atoms with Crippen molar-refractivity contribution in [3.63, 3.8) is 0 Å². The van der Waals surface area contributed by atoms with Crippen molar-refractivity contribution in [2.24, 2.45) is 34.5 Å². The van der Waals surface area contributed by atoms with Crippen LogP contribution in [0.5, 0.6) is 0 Å². The average Bonchev–Trinajstić information content (AvgIpc) is 2.92. The first-order chi connectivity index (χ1) is 11.9. The molecule has 0 N–H and O–H groups in total. The third-order valence-electron chi connectivity index (χ3n) is 8.96. The number of hydrogen-bond donors (Lipinski definition) is 0. The fraction of sp³-hybridized carbons (Fsp3) is 0.909. The van der Waals surface area contributed by atoms with Gasteiger partial charge < -0.3 is 4.74 Å². The monoisotopic (exact) mass is 346 g/mol. The first-order valence-electron chi connectivity index (χ1n) is 10.6. The van der Waals surface area contributed by atoms with Crippen molar-refractivity contribution in [2.75, 3.05) is 0 Å². The molecule has 0 aromatic carbocycles. The van der Waals surface area contributed by atoms with Gasteiger partial charge in [0.15, 0.2) is 0 Å². The molecule has 25 heavy (non-hydrogen) atoms. The van der Waals surface area contributed by atoms with Crippen LogP contribution in [0, 0.1) is 34.5 Å². The van der Waals surface area contributed by atoms with Gasteiger partial charge in [-0.15, -0.1) is 0 Å². The lowest BCUT2D eigenvalue weighted by atomic mass is 9.45. The zero-order chi connectivity index (χ0) is 17.8. The highest BCUT2D eigenvalue weighted by atomic mass is 16.5. The SMILES string of the molecule is CCC(=O)O[C@H]1CC[C@@H]2[C@H]3CC[C@H]4CC(=O)CC[C@]4(C)[C@@H]3CC[C@]12C. The molecular formula is C22H34O3. The van der Waals surface area contributed by atoms with Crippen LogP contribution in [0.2, 0.25) is 0 Å². The van der Waals surface area contributed by atoms with Gasteiger partial charge in [-0.05, 0) is 74.0 Å². The van der Waals surface area contributed by atoms with Crippen molar-refractivity contribution in [2.45, 2.75) is 91.1 Å². The molecule has 0 spiro atoms. The number of carbonyl (C=O) groups is 2. The van der Waals surface area contributed by atoms with E-state index < -0.39 is 0 Å². The Morgan fingerprint density at radius 2 is 1.80 bits per heavy atom. The molecule has 4 aliphatic rings. The van der Waals surface area contributed by atoms with Gasteiger partial charge in [0.2, 0.25) is 0 Å². The minimum absolute atomic E-state index is 0.0320. The summed E-state index contributed by atoms with van der Waals surface area (Å²) in [6, 6.07) is 0. The maximum absolute atomic E-state index is 12.0. The van der Waals surface area contributed by atoms with Crippen LogP contribution >= 0.6 is 0 Å². The van der Waals surface area contributed by atoms with Gasteiger partial charge in [0.05, 0.1) is 0 Å². The molecule has 7 atom stereocenters. The number of carbonyl (C=O) groups excluding carboxylic acids is 2. The van der Waals surface area contributed by atoms with Crippen molar-refractivity contribution in [1.82, 2.24) is 0 Å². The summed E-state index contributed by atoms with van der Waals surface area (Å²) >= 11 is 0. The summed E-state index contributed by atoms with van der Waals surface area (Å²) in [7, 11) is 0. The highest BCUT2D eigenvalue weighted by Gasteiger charge is 2.61. The van der Waals surface area contributed by atoms with Crippen molar-refractivity contribution in [3.8, 4) is 0 Å². The van der Waals surface area contributed by atoms with E-state index in [1.807, 2.05) is 6.92 Å². The van der Waals surface area contributed by atoms with Crippen LogP contribution in [0.1, 0.15) is 85.0 Å². The van der Waals surface area contributed by atoms with E-state index in [0.717, 1.165) is 37.5 Å². The summed E-state index contributed by atoms with van der Waals surface area (Å²) < 4.78 is 5.87. The normalized spacial score (nSPS) is 49.1. The summed E-state index contributed by atoms with van der Waals surface area (Å²) in [5.74, 6) is 3.34. The van der Waals surface area contributed by atoms with Crippen LogP contribution in [0.15, 0.2) is 0 Å². The molecule has 0 heterocycles. The van der Waals surface area contributed by atoms with Crippen LogP contribution in [0.3, 0.4) is 0 Å². The van der Waals surface area contributed by atoms with Crippen molar-refractivity contribution in [1.29, 1.82) is 0 Å². The van der Waals surface area contributed by atoms with Crippen LogP contribution in [0.4, 0.5) is 0 Å². The minimum Gasteiger partial charge on any atom is -0.462 e. The molecular weight excluding hydrogens is 312 g/mol. The van der Waals surface area contributed by atoms with Gasteiger partial charge in [-0.1, -0.05) is 20.8 Å². The highest BCUT2D eigenvalue weighted by Crippen LogP contribution is 2.66. The molecule has 0 bridgehead atoms. The second kappa shape index (κ2) is 6.09. The second-order valence-corrected chi connectivity index (χ2v) is 9.85. The van der Waals surface area contributed by atoms with Gasteiger partial charge >= 0.3 is 5.97 Å². The molecule has 0 amide bonds. The molecule has 140 valence electrons. The molecule has 0 saturated heterocycles. The molecule has 4 saturated carbocycles. The zero-order valence-corrected chi connectivity index (χ0v) is 16.2. The molecule has 0 aliphatic heterocycles. The maximum atomic E-state index is 12.0. The van der Waals surface area contributed by atoms with Crippen molar-refractivity contribution < 1.29 is 14.3 Å². The third-order valence-corrected chi connectivity index (χ3v) is 8.96. The summed E-state index contributed by atoms with van der Waals surface area (Å²) in [6.45, 7) is 6.78. The summed E-state index contributed by atoms with van der Waals surface area (Å²) in [4.78, 5) is 23.9. The summed E-state index contributed by atoms with van der Waals surface area (Å²) in [5, 5.41) is 0. The highest BCUT2D eigenvalue weighted by molar-refractivity contribution is 5.79. The first-order valence-corrected chi connectivity index (χ1v) is 10.6. The van der Waals surface area contributed by atoms with Gasteiger partial charge in [-0.25, -0.2) is 0 Å². The van der Waals surface area contributed by atoms with Gasteiger partial charge in [0, 0.05) is 24.7 Å². The Morgan fingerprint density at radius 3 is 2.56 bits per heavy atom. The van der Waals surface area contributed by atoms with Gasteiger partial charge in [-0.3, -0.25) is 9.59 Å². The molecule has 0 unspecified atom stereocenters. The van der Waals surface area contributed by atoms with E-state index in [0.29, 0.717) is 29.5 Å². The standard InChI is InChI=1S/C22H34O3/c1-4-20(24)25-19-8-7-17-16-6-5-14-13-15(23)9-11-21(14,2)18(16)10-12-22(17,19)3/h14,16-19H,4-13H2,1-3H3/t14-,16+,17+,18+,19-,21-,22-/m0/s1. The van der Waals surface area contributed by atoms with Crippen LogP contribution in [-0.2, 0) is 14.3 Å². The van der Waals surface area contributed by atoms with E-state index in [1.54, 1.807) is 0 Å². The number of Topliss-reactive ketones (excluding diaryl/α,β-unsaturated/α-hetero) is 1. The predicted octanol–water partition coefficient (Wildman–Crippen LogP) is 4.92. The van der Waals surface area contributed by atoms with Gasteiger partial charge in [0.25, 0.3) is 0 Å². The first kappa shape index (κ1) is 17.5. The number of ketones is 1. The lowest BCUT2D eigenvalue weighted by Gasteiger charge is -2.60. The maximum Gasteiger partial charge on any atom is 0.305 e. The number of fused-ring (bicyclic) bond motifs is 5. The largest absolute Gasteiger partial charge is 0.462 e. The summed E-state index contributed by atoms with van der Waals surface area (Å²) in [6.07, 6.45) is 10.6. The number of esters is 1. The Balaban J connectivity index is 1.56. The molecule has 0 aromatic rings. The Kier molecular flexibility index (Phi) is 4.28. The lowest BCUT2D eigenvalue weighted by Crippen LogP contribution is -2.54.